The van der Waals surface area contributed by atoms with Crippen LogP contribution in [0.15, 0.2) is 45.9 Å². The molecule has 22 heavy (non-hydrogen) atoms. The van der Waals surface area contributed by atoms with E-state index in [0.717, 1.165) is 0 Å². The van der Waals surface area contributed by atoms with Crippen molar-refractivity contribution in [3.63, 3.8) is 0 Å². The fraction of sp³-hybridized carbons (Fsp3) is 0.308. The third-order valence-electron chi connectivity index (χ3n) is 2.71. The van der Waals surface area contributed by atoms with Crippen LogP contribution in [0.1, 0.15) is 6.92 Å². The SMILES string of the molecule is CCn1cc(S(=O)(=O)Nc2ccccc2N=S(C)(C)=O)cn1. The second-order valence-corrected chi connectivity index (χ2v) is 9.15. The maximum atomic E-state index is 12.4. The summed E-state index contributed by atoms with van der Waals surface area (Å²) in [7, 11) is -6.16. The first kappa shape index (κ1) is 16.5. The molecule has 7 nitrogen and oxygen atoms in total. The average Bonchev–Trinajstić information content (AvgIpc) is 2.89. The first-order chi connectivity index (χ1) is 10.2. The highest BCUT2D eigenvalue weighted by Gasteiger charge is 2.18. The van der Waals surface area contributed by atoms with E-state index in [4.69, 9.17) is 0 Å². The molecule has 9 heteroatoms. The minimum atomic E-state index is -3.77. The van der Waals surface area contributed by atoms with Crippen molar-refractivity contribution >= 4 is 31.1 Å². The summed E-state index contributed by atoms with van der Waals surface area (Å²) in [4.78, 5) is 0.0675. The Morgan fingerprint density at radius 3 is 2.50 bits per heavy atom. The number of sulfonamides is 1. The summed E-state index contributed by atoms with van der Waals surface area (Å²) in [5.41, 5.74) is 0.618. The van der Waals surface area contributed by atoms with Gasteiger partial charge < -0.3 is 0 Å². The first-order valence-corrected chi connectivity index (χ1v) is 10.3. The predicted molar refractivity (Wildman–Crippen MR) is 87.2 cm³/mol. The standard InChI is InChI=1S/C13H18N4O3S2/c1-4-17-10-11(9-14-17)22(19,20)16-13-8-6-5-7-12(13)15-21(2,3)18/h5-10,16H,4H2,1-3H3. The van der Waals surface area contributed by atoms with Crippen LogP contribution < -0.4 is 4.72 Å². The molecule has 120 valence electrons. The fourth-order valence-electron chi connectivity index (χ4n) is 1.74. The lowest BCUT2D eigenvalue weighted by Crippen LogP contribution is -2.12. The van der Waals surface area contributed by atoms with Gasteiger partial charge in [0.2, 0.25) is 0 Å². The summed E-state index contributed by atoms with van der Waals surface area (Å²) in [6, 6.07) is 6.57. The number of nitrogens with zero attached hydrogens (tertiary/aromatic N) is 3. The summed E-state index contributed by atoms with van der Waals surface area (Å²) < 4.78 is 44.6. The lowest BCUT2D eigenvalue weighted by molar-refractivity contribution is 0.600. The molecule has 0 amide bonds. The molecule has 0 unspecified atom stereocenters. The Labute approximate surface area is 130 Å². The fourth-order valence-corrected chi connectivity index (χ4v) is 3.40. The molecule has 0 atom stereocenters. The zero-order valence-corrected chi connectivity index (χ0v) is 14.2. The van der Waals surface area contributed by atoms with E-state index in [9.17, 15) is 12.6 Å². The Morgan fingerprint density at radius 1 is 1.23 bits per heavy atom. The van der Waals surface area contributed by atoms with Gasteiger partial charge in [-0.3, -0.25) is 9.40 Å². The molecule has 2 aromatic rings. The van der Waals surface area contributed by atoms with Crippen molar-refractivity contribution in [1.82, 2.24) is 9.78 Å². The van der Waals surface area contributed by atoms with Crippen molar-refractivity contribution in [2.45, 2.75) is 18.4 Å². The van der Waals surface area contributed by atoms with Crippen molar-refractivity contribution < 1.29 is 12.6 Å². The van der Waals surface area contributed by atoms with Gasteiger partial charge in [-0.25, -0.2) is 12.6 Å². The third kappa shape index (κ3) is 4.08. The molecule has 0 aliphatic carbocycles. The molecule has 1 N–H and O–H groups in total. The average molecular weight is 342 g/mol. The van der Waals surface area contributed by atoms with Gasteiger partial charge in [-0.05, 0) is 19.1 Å². The van der Waals surface area contributed by atoms with Gasteiger partial charge >= 0.3 is 0 Å². The van der Waals surface area contributed by atoms with Crippen molar-refractivity contribution in [1.29, 1.82) is 0 Å². The number of nitrogens with one attached hydrogen (secondary N) is 1. The van der Waals surface area contributed by atoms with Gasteiger partial charge in [-0.15, -0.1) is 0 Å². The quantitative estimate of drug-likeness (QED) is 0.900. The van der Waals surface area contributed by atoms with Crippen molar-refractivity contribution in [2.75, 3.05) is 17.2 Å². The zero-order valence-electron chi connectivity index (χ0n) is 12.6. The molecule has 0 spiro atoms. The van der Waals surface area contributed by atoms with Gasteiger partial charge in [0, 0.05) is 35.0 Å². The van der Waals surface area contributed by atoms with Gasteiger partial charge in [-0.1, -0.05) is 12.1 Å². The van der Waals surface area contributed by atoms with Crippen molar-refractivity contribution in [3.05, 3.63) is 36.7 Å². The topological polar surface area (TPSA) is 93.4 Å². The Balaban J connectivity index is 2.40. The number of benzene rings is 1. The third-order valence-corrected chi connectivity index (χ3v) is 4.67. The van der Waals surface area contributed by atoms with Crippen LogP contribution in [0.25, 0.3) is 0 Å². The molecule has 0 bridgehead atoms. The number of para-hydroxylation sites is 1. The number of aryl methyl sites for hydroxylation is 1. The Morgan fingerprint density at radius 2 is 1.91 bits per heavy atom. The summed E-state index contributed by atoms with van der Waals surface area (Å²) in [5, 5.41) is 3.95. The molecule has 0 radical (unpaired) electrons. The van der Waals surface area contributed by atoms with Crippen molar-refractivity contribution in [2.24, 2.45) is 4.36 Å². The van der Waals surface area contributed by atoms with Gasteiger partial charge in [0.25, 0.3) is 10.0 Å². The van der Waals surface area contributed by atoms with Crippen LogP contribution in [-0.2, 0) is 26.3 Å². The minimum absolute atomic E-state index is 0.0675. The monoisotopic (exact) mass is 342 g/mol. The van der Waals surface area contributed by atoms with E-state index in [0.29, 0.717) is 12.2 Å². The number of hydrogen-bond donors (Lipinski definition) is 1. The van der Waals surface area contributed by atoms with Crippen LogP contribution in [0.3, 0.4) is 0 Å². The summed E-state index contributed by atoms with van der Waals surface area (Å²) in [6.07, 6.45) is 5.71. The maximum Gasteiger partial charge on any atom is 0.265 e. The Kier molecular flexibility index (Phi) is 4.57. The molecular weight excluding hydrogens is 324 g/mol. The largest absolute Gasteiger partial charge is 0.277 e. The lowest BCUT2D eigenvalue weighted by Gasteiger charge is -2.09. The highest BCUT2D eigenvalue weighted by Crippen LogP contribution is 2.27. The van der Waals surface area contributed by atoms with E-state index in [1.165, 1.54) is 29.6 Å². The van der Waals surface area contributed by atoms with Crippen LogP contribution >= 0.6 is 0 Å². The van der Waals surface area contributed by atoms with E-state index in [1.54, 1.807) is 24.3 Å². The number of aromatic nitrogens is 2. The molecule has 2 rings (SSSR count). The molecular formula is C13H18N4O3S2. The zero-order chi connectivity index (χ0) is 16.4. The van der Waals surface area contributed by atoms with E-state index >= 15 is 0 Å². The Hall–Kier alpha value is -1.87. The lowest BCUT2D eigenvalue weighted by atomic mass is 10.3. The molecule has 0 saturated heterocycles. The summed E-state index contributed by atoms with van der Waals surface area (Å²) in [5.74, 6) is 0. The van der Waals surface area contributed by atoms with Crippen LogP contribution in [0.4, 0.5) is 11.4 Å². The molecule has 0 fully saturated rings. The van der Waals surface area contributed by atoms with Crippen LogP contribution in [-0.4, -0.2) is 34.9 Å². The molecule has 0 saturated carbocycles. The molecule has 1 aromatic carbocycles. The number of rotatable bonds is 5. The number of hydrogen-bond acceptors (Lipinski definition) is 5. The summed E-state index contributed by atoms with van der Waals surface area (Å²) in [6.45, 7) is 2.44. The first-order valence-electron chi connectivity index (χ1n) is 6.53. The smallest absolute Gasteiger partial charge is 0.265 e. The van der Waals surface area contributed by atoms with E-state index in [2.05, 4.69) is 14.2 Å². The predicted octanol–water partition coefficient (Wildman–Crippen LogP) is 2.06. The van der Waals surface area contributed by atoms with E-state index in [-0.39, 0.29) is 10.6 Å². The van der Waals surface area contributed by atoms with E-state index in [1.807, 2.05) is 6.92 Å². The van der Waals surface area contributed by atoms with Crippen LogP contribution in [0, 0.1) is 0 Å². The second kappa shape index (κ2) is 6.09. The molecule has 1 aromatic heterocycles. The number of anilines is 1. The molecule has 0 aliphatic heterocycles. The van der Waals surface area contributed by atoms with Crippen LogP contribution in [0.5, 0.6) is 0 Å². The van der Waals surface area contributed by atoms with Crippen LogP contribution in [0.2, 0.25) is 0 Å². The van der Waals surface area contributed by atoms with E-state index < -0.39 is 19.8 Å². The Bertz CT molecular complexity index is 886. The van der Waals surface area contributed by atoms with Gasteiger partial charge in [0.15, 0.2) is 0 Å². The van der Waals surface area contributed by atoms with Crippen molar-refractivity contribution in [3.8, 4) is 0 Å². The normalized spacial score (nSPS) is 12.1. The highest BCUT2D eigenvalue weighted by molar-refractivity contribution is 7.93. The minimum Gasteiger partial charge on any atom is -0.277 e. The molecule has 1 heterocycles. The molecule has 0 aliphatic rings. The highest BCUT2D eigenvalue weighted by atomic mass is 32.2. The van der Waals surface area contributed by atoms with Gasteiger partial charge in [-0.2, -0.15) is 9.46 Å². The second-order valence-electron chi connectivity index (χ2n) is 4.93. The van der Waals surface area contributed by atoms with Gasteiger partial charge in [0.1, 0.15) is 4.90 Å². The van der Waals surface area contributed by atoms with Gasteiger partial charge in [0.05, 0.1) is 17.6 Å². The maximum absolute atomic E-state index is 12.4. The summed E-state index contributed by atoms with van der Waals surface area (Å²) >= 11 is 0.